The molecule has 0 amide bonds. The predicted octanol–water partition coefficient (Wildman–Crippen LogP) is 1.39. The molecule has 1 rings (SSSR count). The van der Waals surface area contributed by atoms with Crippen LogP contribution in [0, 0.1) is 0 Å². The van der Waals surface area contributed by atoms with Crippen molar-refractivity contribution in [1.29, 1.82) is 0 Å². The number of nitrogens with one attached hydrogen (secondary N) is 2. The van der Waals surface area contributed by atoms with Crippen molar-refractivity contribution >= 4 is 26.5 Å². The highest BCUT2D eigenvalue weighted by Gasteiger charge is 2.25. The fourth-order valence-electron chi connectivity index (χ4n) is 0.846. The van der Waals surface area contributed by atoms with E-state index in [1.807, 2.05) is 6.92 Å². The van der Waals surface area contributed by atoms with Crippen LogP contribution in [0.4, 0.5) is 13.9 Å². The first kappa shape index (κ1) is 13.3. The molecule has 0 fully saturated rings. The number of thiazole rings is 1. The van der Waals surface area contributed by atoms with Crippen molar-refractivity contribution in [2.45, 2.75) is 18.7 Å². The summed E-state index contributed by atoms with van der Waals surface area (Å²) in [5.41, 5.74) is 0.597. The largest absolute Gasteiger partial charge is 0.355 e. The normalized spacial score (nSPS) is 14.1. The minimum absolute atomic E-state index is 0.0580. The summed E-state index contributed by atoms with van der Waals surface area (Å²) in [4.78, 5) is 3.88. The Bertz CT molecular complexity index is 446. The number of nitrogens with zero attached hydrogens (tertiary/aromatic N) is 1. The van der Waals surface area contributed by atoms with Crippen molar-refractivity contribution in [3.8, 4) is 0 Å². The van der Waals surface area contributed by atoms with Gasteiger partial charge in [0.1, 0.15) is 0 Å². The fraction of sp³-hybridized carbons (Fsp3) is 0.571. The summed E-state index contributed by atoms with van der Waals surface area (Å²) in [7, 11) is -2.91. The second-order valence-corrected chi connectivity index (χ2v) is 5.50. The standard InChI is InChI=1S/C7H11F2N3O2S2/c1-4(10-2)5-3-15-7(11-5)12-16(13,14)6(8)9/h3-4,6,10H,1-2H3,(H,11,12). The molecular weight excluding hydrogens is 260 g/mol. The Morgan fingerprint density at radius 2 is 2.12 bits per heavy atom. The Morgan fingerprint density at radius 1 is 1.50 bits per heavy atom. The quantitative estimate of drug-likeness (QED) is 0.849. The van der Waals surface area contributed by atoms with Crippen molar-refractivity contribution in [1.82, 2.24) is 10.3 Å². The molecule has 0 aliphatic rings. The van der Waals surface area contributed by atoms with Gasteiger partial charge in [-0.25, -0.2) is 13.4 Å². The topological polar surface area (TPSA) is 71.1 Å². The second-order valence-electron chi connectivity index (χ2n) is 3.00. The van der Waals surface area contributed by atoms with Crippen LogP contribution in [-0.2, 0) is 10.0 Å². The highest BCUT2D eigenvalue weighted by atomic mass is 32.2. The maximum atomic E-state index is 12.0. The summed E-state index contributed by atoms with van der Waals surface area (Å²) in [6.07, 6.45) is 0. The summed E-state index contributed by atoms with van der Waals surface area (Å²) in [6.45, 7) is 1.82. The summed E-state index contributed by atoms with van der Waals surface area (Å²) in [5.74, 6) is -3.46. The number of sulfonamides is 1. The molecule has 0 aliphatic carbocycles. The molecule has 0 aliphatic heterocycles. The van der Waals surface area contributed by atoms with E-state index >= 15 is 0 Å². The number of anilines is 1. The van der Waals surface area contributed by atoms with Crippen LogP contribution in [0.15, 0.2) is 5.38 Å². The molecule has 9 heteroatoms. The van der Waals surface area contributed by atoms with Crippen molar-refractivity contribution in [3.63, 3.8) is 0 Å². The molecule has 1 aromatic rings. The molecule has 1 heterocycles. The minimum atomic E-state index is -4.63. The lowest BCUT2D eigenvalue weighted by molar-refractivity contribution is 0.236. The zero-order chi connectivity index (χ0) is 12.3. The van der Waals surface area contributed by atoms with Gasteiger partial charge in [-0.3, -0.25) is 4.72 Å². The molecule has 0 aromatic carbocycles. The molecule has 0 saturated heterocycles. The van der Waals surface area contributed by atoms with Crippen LogP contribution in [0.3, 0.4) is 0 Å². The van der Waals surface area contributed by atoms with Crippen molar-refractivity contribution in [2.75, 3.05) is 11.8 Å². The Kier molecular flexibility index (Phi) is 4.16. The average Bonchev–Trinajstić information content (AvgIpc) is 2.64. The van der Waals surface area contributed by atoms with Crippen LogP contribution in [0.25, 0.3) is 0 Å². The molecule has 1 atom stereocenters. The fourth-order valence-corrected chi connectivity index (χ4v) is 2.41. The highest BCUT2D eigenvalue weighted by molar-refractivity contribution is 7.93. The molecule has 0 radical (unpaired) electrons. The zero-order valence-electron chi connectivity index (χ0n) is 8.57. The van der Waals surface area contributed by atoms with Gasteiger partial charge in [-0.05, 0) is 14.0 Å². The van der Waals surface area contributed by atoms with Gasteiger partial charge in [-0.2, -0.15) is 8.78 Å². The number of halogens is 2. The van der Waals surface area contributed by atoms with E-state index in [9.17, 15) is 17.2 Å². The Hall–Kier alpha value is -0.800. The number of hydrogen-bond acceptors (Lipinski definition) is 5. The summed E-state index contributed by atoms with van der Waals surface area (Å²) >= 11 is 0.963. The maximum Gasteiger partial charge on any atom is 0.355 e. The minimum Gasteiger partial charge on any atom is -0.312 e. The van der Waals surface area contributed by atoms with Gasteiger partial charge in [-0.1, -0.05) is 0 Å². The summed E-state index contributed by atoms with van der Waals surface area (Å²) in [6, 6.07) is -0.0685. The Labute approximate surface area is 95.9 Å². The number of aromatic nitrogens is 1. The zero-order valence-corrected chi connectivity index (χ0v) is 10.2. The first-order valence-electron chi connectivity index (χ1n) is 4.29. The molecule has 1 aromatic heterocycles. The molecule has 92 valence electrons. The first-order valence-corrected chi connectivity index (χ1v) is 6.72. The smallest absolute Gasteiger partial charge is 0.312 e. The Balaban J connectivity index is 2.81. The van der Waals surface area contributed by atoms with E-state index in [1.54, 1.807) is 17.1 Å². The van der Waals surface area contributed by atoms with Gasteiger partial charge in [0, 0.05) is 11.4 Å². The SMILES string of the molecule is CNC(C)c1csc(NS(=O)(=O)C(F)F)n1. The predicted molar refractivity (Wildman–Crippen MR) is 58.1 cm³/mol. The third-order valence-corrected chi connectivity index (χ3v) is 3.71. The number of hydrogen-bond donors (Lipinski definition) is 2. The van der Waals surface area contributed by atoms with E-state index in [4.69, 9.17) is 0 Å². The van der Waals surface area contributed by atoms with E-state index in [2.05, 4.69) is 10.3 Å². The lowest BCUT2D eigenvalue weighted by Crippen LogP contribution is -2.20. The second kappa shape index (κ2) is 5.02. The lowest BCUT2D eigenvalue weighted by Gasteiger charge is -2.05. The molecule has 2 N–H and O–H groups in total. The van der Waals surface area contributed by atoms with Crippen LogP contribution in [0.5, 0.6) is 0 Å². The van der Waals surface area contributed by atoms with Crippen LogP contribution < -0.4 is 10.0 Å². The summed E-state index contributed by atoms with van der Waals surface area (Å²) < 4.78 is 47.5. The van der Waals surface area contributed by atoms with Gasteiger partial charge in [0.2, 0.25) is 0 Å². The van der Waals surface area contributed by atoms with E-state index in [0.717, 1.165) is 11.3 Å². The van der Waals surface area contributed by atoms with Crippen LogP contribution in [0.1, 0.15) is 18.7 Å². The van der Waals surface area contributed by atoms with Crippen LogP contribution >= 0.6 is 11.3 Å². The lowest BCUT2D eigenvalue weighted by atomic mass is 10.3. The molecule has 1 unspecified atom stereocenters. The maximum absolute atomic E-state index is 12.0. The molecule has 0 spiro atoms. The van der Waals surface area contributed by atoms with Crippen LogP contribution in [-0.4, -0.2) is 26.2 Å². The number of rotatable bonds is 5. The van der Waals surface area contributed by atoms with Gasteiger partial charge < -0.3 is 5.32 Å². The van der Waals surface area contributed by atoms with Gasteiger partial charge >= 0.3 is 5.76 Å². The van der Waals surface area contributed by atoms with E-state index in [-0.39, 0.29) is 11.2 Å². The Morgan fingerprint density at radius 3 is 2.62 bits per heavy atom. The average molecular weight is 271 g/mol. The third-order valence-electron chi connectivity index (χ3n) is 1.86. The molecular formula is C7H11F2N3O2S2. The van der Waals surface area contributed by atoms with Crippen LogP contribution in [0.2, 0.25) is 0 Å². The molecule has 16 heavy (non-hydrogen) atoms. The van der Waals surface area contributed by atoms with E-state index < -0.39 is 15.8 Å². The van der Waals surface area contributed by atoms with Gasteiger partial charge in [-0.15, -0.1) is 11.3 Å². The monoisotopic (exact) mass is 271 g/mol. The van der Waals surface area contributed by atoms with E-state index in [1.165, 1.54) is 0 Å². The van der Waals surface area contributed by atoms with Crippen molar-refractivity contribution in [3.05, 3.63) is 11.1 Å². The molecule has 0 saturated carbocycles. The summed E-state index contributed by atoms with van der Waals surface area (Å²) in [5, 5.41) is 4.44. The van der Waals surface area contributed by atoms with Gasteiger partial charge in [0.05, 0.1) is 5.69 Å². The van der Waals surface area contributed by atoms with Crippen molar-refractivity contribution in [2.24, 2.45) is 0 Å². The number of alkyl halides is 2. The third kappa shape index (κ3) is 3.09. The van der Waals surface area contributed by atoms with Gasteiger partial charge in [0.15, 0.2) is 5.13 Å². The highest BCUT2D eigenvalue weighted by Crippen LogP contribution is 2.22. The molecule has 0 bridgehead atoms. The van der Waals surface area contributed by atoms with E-state index in [0.29, 0.717) is 5.69 Å². The van der Waals surface area contributed by atoms with Crippen molar-refractivity contribution < 1.29 is 17.2 Å². The van der Waals surface area contributed by atoms with Gasteiger partial charge in [0.25, 0.3) is 10.0 Å². The molecule has 5 nitrogen and oxygen atoms in total. The first-order chi connectivity index (χ1) is 7.36.